The van der Waals surface area contributed by atoms with E-state index in [1.165, 1.54) is 7.11 Å². The number of nitrogens with zero attached hydrogens (tertiary/aromatic N) is 1. The van der Waals surface area contributed by atoms with Crippen LogP contribution in [0.2, 0.25) is 0 Å². The number of para-hydroxylation sites is 1. The lowest BCUT2D eigenvalue weighted by Gasteiger charge is -2.25. The molecule has 2 aromatic carbocycles. The normalized spacial score (nSPS) is 18.3. The Bertz CT molecular complexity index is 1260. The van der Waals surface area contributed by atoms with E-state index in [0.29, 0.717) is 24.3 Å². The zero-order valence-corrected chi connectivity index (χ0v) is 19.7. The lowest BCUT2D eigenvalue weighted by molar-refractivity contribution is -0.139. The van der Waals surface area contributed by atoms with Crippen LogP contribution in [0.5, 0.6) is 5.75 Å². The number of aromatic amines is 1. The Balaban J connectivity index is 1.99. The summed E-state index contributed by atoms with van der Waals surface area (Å²) in [5, 5.41) is 12.4. The Morgan fingerprint density at radius 3 is 2.55 bits per heavy atom. The van der Waals surface area contributed by atoms with Gasteiger partial charge in [0.25, 0.3) is 11.7 Å². The van der Waals surface area contributed by atoms with Gasteiger partial charge in [-0.25, -0.2) is 0 Å². The molecule has 0 spiro atoms. The third-order valence-electron chi connectivity index (χ3n) is 6.24. The van der Waals surface area contributed by atoms with Gasteiger partial charge in [0.05, 0.1) is 24.3 Å². The molecular weight excluding hydrogens is 416 g/mol. The van der Waals surface area contributed by atoms with Crippen molar-refractivity contribution in [3.05, 3.63) is 70.9 Å². The van der Waals surface area contributed by atoms with Crippen molar-refractivity contribution in [2.24, 2.45) is 0 Å². The van der Waals surface area contributed by atoms with Crippen molar-refractivity contribution in [2.75, 3.05) is 13.7 Å². The minimum Gasteiger partial charge on any atom is -0.507 e. The first kappa shape index (κ1) is 22.6. The number of aromatic nitrogens is 1. The van der Waals surface area contributed by atoms with Gasteiger partial charge in [0.1, 0.15) is 11.5 Å². The second kappa shape index (κ2) is 8.43. The first-order chi connectivity index (χ1) is 15.7. The molecule has 6 nitrogen and oxygen atoms in total. The molecule has 0 aliphatic carbocycles. The fourth-order valence-corrected chi connectivity index (χ4v) is 4.50. The van der Waals surface area contributed by atoms with Crippen LogP contribution in [-0.4, -0.2) is 40.3 Å². The second-order valence-corrected chi connectivity index (χ2v) is 9.45. The van der Waals surface area contributed by atoms with Crippen molar-refractivity contribution in [3.8, 4) is 5.75 Å². The van der Waals surface area contributed by atoms with Crippen LogP contribution in [0.4, 0.5) is 0 Å². The number of nitrogens with one attached hydrogen (secondary N) is 1. The number of amides is 1. The van der Waals surface area contributed by atoms with Gasteiger partial charge in [-0.3, -0.25) is 9.59 Å². The third-order valence-corrected chi connectivity index (χ3v) is 6.24. The fourth-order valence-electron chi connectivity index (χ4n) is 4.50. The number of hydrogen-bond acceptors (Lipinski definition) is 4. The number of hydrogen-bond donors (Lipinski definition) is 2. The number of Topliss-reactive ketones (excluding diaryl/α,β-unsaturated/α-hetero) is 1. The van der Waals surface area contributed by atoms with Crippen LogP contribution in [0.15, 0.2) is 54.2 Å². The minimum atomic E-state index is -0.691. The van der Waals surface area contributed by atoms with Crippen LogP contribution in [0.1, 0.15) is 56.8 Å². The standard InChI is InChI=1S/C27H30N2O4/c1-6-13-29-23(19-15-28-20-10-8-7-9-17(19)20)22(25(31)26(29)32)24(30)18-14-16(27(2,3)4)11-12-21(18)33-5/h7-12,14-15,23,28,30H,6,13H2,1-5H3/b24-22+. The quantitative estimate of drug-likeness (QED) is 0.316. The number of aliphatic hydroxyl groups excluding tert-OH is 1. The van der Waals surface area contributed by atoms with Gasteiger partial charge in [-0.15, -0.1) is 0 Å². The Kier molecular flexibility index (Phi) is 5.78. The molecule has 4 rings (SSSR count). The predicted octanol–water partition coefficient (Wildman–Crippen LogP) is 5.31. The monoisotopic (exact) mass is 446 g/mol. The van der Waals surface area contributed by atoms with Crippen molar-refractivity contribution in [1.82, 2.24) is 9.88 Å². The maximum absolute atomic E-state index is 13.3. The summed E-state index contributed by atoms with van der Waals surface area (Å²) in [6.07, 6.45) is 2.51. The zero-order chi connectivity index (χ0) is 23.9. The van der Waals surface area contributed by atoms with Gasteiger partial charge in [-0.1, -0.05) is 52.0 Å². The minimum absolute atomic E-state index is 0.0857. The van der Waals surface area contributed by atoms with Crippen LogP contribution in [0.25, 0.3) is 16.7 Å². The SMILES string of the molecule is CCCN1C(=O)C(=O)/C(=C(/O)c2cc(C(C)(C)C)ccc2OC)C1c1c[nH]c2ccccc12. The molecule has 33 heavy (non-hydrogen) atoms. The number of aliphatic hydroxyl groups is 1. The largest absolute Gasteiger partial charge is 0.507 e. The van der Waals surface area contributed by atoms with Crippen LogP contribution < -0.4 is 4.74 Å². The Hall–Kier alpha value is -3.54. The number of carbonyl (C=O) groups is 2. The Morgan fingerprint density at radius 1 is 1.15 bits per heavy atom. The number of ketones is 1. The maximum Gasteiger partial charge on any atom is 0.295 e. The van der Waals surface area contributed by atoms with E-state index in [1.807, 2.05) is 49.5 Å². The van der Waals surface area contributed by atoms with Crippen molar-refractivity contribution < 1.29 is 19.4 Å². The number of fused-ring (bicyclic) bond motifs is 1. The molecule has 3 aromatic rings. The molecule has 1 aromatic heterocycles. The van der Waals surface area contributed by atoms with Crippen molar-refractivity contribution >= 4 is 28.4 Å². The topological polar surface area (TPSA) is 82.6 Å². The molecule has 2 heterocycles. The maximum atomic E-state index is 13.3. The highest BCUT2D eigenvalue weighted by atomic mass is 16.5. The van der Waals surface area contributed by atoms with Gasteiger partial charge in [0, 0.05) is 29.2 Å². The van der Waals surface area contributed by atoms with Gasteiger partial charge in [0.15, 0.2) is 0 Å². The van der Waals surface area contributed by atoms with E-state index in [0.717, 1.165) is 22.0 Å². The average Bonchev–Trinajstić information content (AvgIpc) is 3.32. The third kappa shape index (κ3) is 3.80. The summed E-state index contributed by atoms with van der Waals surface area (Å²) in [5.74, 6) is -1.05. The molecule has 172 valence electrons. The molecule has 1 aliphatic heterocycles. The fraction of sp³-hybridized carbons (Fsp3) is 0.333. The summed E-state index contributed by atoms with van der Waals surface area (Å²) in [6.45, 7) is 8.59. The number of benzene rings is 2. The van der Waals surface area contributed by atoms with Crippen LogP contribution >= 0.6 is 0 Å². The molecule has 1 aliphatic rings. The first-order valence-corrected chi connectivity index (χ1v) is 11.2. The molecule has 6 heteroatoms. The average molecular weight is 447 g/mol. The van der Waals surface area contributed by atoms with E-state index < -0.39 is 17.7 Å². The molecule has 1 atom stereocenters. The zero-order valence-electron chi connectivity index (χ0n) is 19.7. The van der Waals surface area contributed by atoms with Crippen molar-refractivity contribution in [1.29, 1.82) is 0 Å². The van der Waals surface area contributed by atoms with Crippen molar-refractivity contribution in [2.45, 2.75) is 45.6 Å². The lowest BCUT2D eigenvalue weighted by Crippen LogP contribution is -2.30. The number of H-pyrrole nitrogens is 1. The highest BCUT2D eigenvalue weighted by molar-refractivity contribution is 6.46. The van der Waals surface area contributed by atoms with Gasteiger partial charge in [0.2, 0.25) is 0 Å². The summed E-state index contributed by atoms with van der Waals surface area (Å²) >= 11 is 0. The molecule has 0 saturated carbocycles. The highest BCUT2D eigenvalue weighted by Gasteiger charge is 2.46. The van der Waals surface area contributed by atoms with E-state index in [2.05, 4.69) is 25.8 Å². The van der Waals surface area contributed by atoms with Crippen molar-refractivity contribution in [3.63, 3.8) is 0 Å². The molecule has 1 unspecified atom stereocenters. The smallest absolute Gasteiger partial charge is 0.295 e. The lowest BCUT2D eigenvalue weighted by atomic mass is 9.85. The molecule has 1 fully saturated rings. The number of carbonyl (C=O) groups excluding carboxylic acids is 2. The van der Waals surface area contributed by atoms with E-state index in [-0.39, 0.29) is 16.7 Å². The summed E-state index contributed by atoms with van der Waals surface area (Å²) < 4.78 is 5.52. The van der Waals surface area contributed by atoms with E-state index >= 15 is 0 Å². The highest BCUT2D eigenvalue weighted by Crippen LogP contribution is 2.43. The summed E-state index contributed by atoms with van der Waals surface area (Å²) in [4.78, 5) is 31.1. The van der Waals surface area contributed by atoms with Crippen LogP contribution in [0.3, 0.4) is 0 Å². The Labute approximate surface area is 193 Å². The van der Waals surface area contributed by atoms with E-state index in [1.54, 1.807) is 11.0 Å². The van der Waals surface area contributed by atoms with Gasteiger partial charge < -0.3 is 19.7 Å². The summed E-state index contributed by atoms with van der Waals surface area (Å²) in [7, 11) is 1.52. The molecule has 2 N–H and O–H groups in total. The molecular formula is C27H30N2O4. The van der Waals surface area contributed by atoms with Gasteiger partial charge >= 0.3 is 0 Å². The number of rotatable bonds is 5. The molecule has 0 bridgehead atoms. The van der Waals surface area contributed by atoms with E-state index in [4.69, 9.17) is 4.74 Å². The van der Waals surface area contributed by atoms with E-state index in [9.17, 15) is 14.7 Å². The molecule has 1 amide bonds. The Morgan fingerprint density at radius 2 is 1.88 bits per heavy atom. The number of likely N-dealkylation sites (tertiary alicyclic amines) is 1. The van der Waals surface area contributed by atoms with Crippen LogP contribution in [-0.2, 0) is 15.0 Å². The van der Waals surface area contributed by atoms with Crippen LogP contribution in [0, 0.1) is 0 Å². The number of methoxy groups -OCH3 is 1. The van der Waals surface area contributed by atoms with Gasteiger partial charge in [-0.2, -0.15) is 0 Å². The predicted molar refractivity (Wildman–Crippen MR) is 129 cm³/mol. The first-order valence-electron chi connectivity index (χ1n) is 11.2. The second-order valence-electron chi connectivity index (χ2n) is 9.45. The summed E-state index contributed by atoms with van der Waals surface area (Å²) in [6, 6.07) is 12.6. The van der Waals surface area contributed by atoms with Gasteiger partial charge in [-0.05, 0) is 35.6 Å². The molecule has 1 saturated heterocycles. The summed E-state index contributed by atoms with van der Waals surface area (Å²) in [5.41, 5.74) is 2.99. The molecule has 0 radical (unpaired) electrons. The number of ether oxygens (including phenoxy) is 1.